The van der Waals surface area contributed by atoms with E-state index in [-0.39, 0.29) is 36.0 Å². The molecule has 2 aromatic rings. The maximum atomic E-state index is 13.7. The monoisotopic (exact) mass is 462 g/mol. The van der Waals surface area contributed by atoms with Gasteiger partial charge in [0.15, 0.2) is 0 Å². The summed E-state index contributed by atoms with van der Waals surface area (Å²) >= 11 is 0. The number of carbonyl (C=O) groups is 2. The summed E-state index contributed by atoms with van der Waals surface area (Å²) in [5, 5.41) is 3.14. The third-order valence-corrected chi connectivity index (χ3v) is 6.63. The van der Waals surface area contributed by atoms with Gasteiger partial charge < -0.3 is 14.8 Å². The van der Waals surface area contributed by atoms with Crippen molar-refractivity contribution in [3.05, 3.63) is 83.9 Å². The molecule has 0 unspecified atom stereocenters. The highest BCUT2D eigenvalue weighted by molar-refractivity contribution is 5.82. The van der Waals surface area contributed by atoms with Gasteiger partial charge in [-0.15, -0.1) is 0 Å². The molecule has 6 nitrogen and oxygen atoms in total. The Balaban J connectivity index is 1.66. The van der Waals surface area contributed by atoms with Crippen LogP contribution in [0.5, 0.6) is 0 Å². The van der Waals surface area contributed by atoms with Crippen molar-refractivity contribution in [3.63, 3.8) is 0 Å². The van der Waals surface area contributed by atoms with Crippen molar-refractivity contribution in [3.8, 4) is 0 Å². The molecule has 1 fully saturated rings. The van der Waals surface area contributed by atoms with Gasteiger partial charge in [-0.3, -0.25) is 14.5 Å². The maximum absolute atomic E-state index is 13.7. The second-order valence-corrected chi connectivity index (χ2v) is 9.50. The van der Waals surface area contributed by atoms with Gasteiger partial charge in [-0.05, 0) is 23.5 Å². The summed E-state index contributed by atoms with van der Waals surface area (Å²) in [6, 6.07) is 19.3. The molecule has 1 amide bonds. The van der Waals surface area contributed by atoms with Crippen molar-refractivity contribution < 1.29 is 19.1 Å². The second-order valence-electron chi connectivity index (χ2n) is 9.50. The van der Waals surface area contributed by atoms with Crippen LogP contribution in [0.2, 0.25) is 0 Å². The van der Waals surface area contributed by atoms with E-state index >= 15 is 0 Å². The fourth-order valence-corrected chi connectivity index (χ4v) is 5.05. The topological polar surface area (TPSA) is 67.9 Å². The lowest BCUT2D eigenvalue weighted by molar-refractivity contribution is -0.149. The van der Waals surface area contributed by atoms with Gasteiger partial charge in [0, 0.05) is 13.1 Å². The van der Waals surface area contributed by atoms with Gasteiger partial charge in [-0.2, -0.15) is 0 Å². The molecule has 2 heterocycles. The lowest BCUT2D eigenvalue weighted by Crippen LogP contribution is -2.57. The van der Waals surface area contributed by atoms with Gasteiger partial charge in [-0.1, -0.05) is 86.7 Å². The Labute approximate surface area is 201 Å². The molecule has 0 saturated carbocycles. The Morgan fingerprint density at radius 2 is 1.59 bits per heavy atom. The van der Waals surface area contributed by atoms with E-state index in [4.69, 9.17) is 9.47 Å². The molecule has 34 heavy (non-hydrogen) atoms. The lowest BCUT2D eigenvalue weighted by Gasteiger charge is -2.40. The lowest BCUT2D eigenvalue weighted by atomic mass is 9.85. The van der Waals surface area contributed by atoms with Crippen LogP contribution in [0.4, 0.5) is 0 Å². The molecular weight excluding hydrogens is 428 g/mol. The molecule has 0 radical (unpaired) electrons. The molecule has 2 bridgehead atoms. The van der Waals surface area contributed by atoms with Crippen LogP contribution in [0.3, 0.4) is 0 Å². The summed E-state index contributed by atoms with van der Waals surface area (Å²) in [4.78, 5) is 28.7. The molecule has 4 rings (SSSR count). The molecule has 180 valence electrons. The first kappa shape index (κ1) is 24.2. The van der Waals surface area contributed by atoms with E-state index in [1.165, 1.54) is 7.11 Å². The molecule has 1 N–H and O–H groups in total. The number of rotatable bonds is 10. The van der Waals surface area contributed by atoms with Crippen molar-refractivity contribution in [2.24, 2.45) is 11.8 Å². The molecule has 0 aliphatic carbocycles. The minimum Gasteiger partial charge on any atom is -0.469 e. The summed E-state index contributed by atoms with van der Waals surface area (Å²) in [6.07, 6.45) is 4.04. The van der Waals surface area contributed by atoms with E-state index < -0.39 is 12.0 Å². The van der Waals surface area contributed by atoms with Gasteiger partial charge in [0.1, 0.15) is 5.92 Å². The van der Waals surface area contributed by atoms with Crippen molar-refractivity contribution >= 4 is 11.9 Å². The van der Waals surface area contributed by atoms with E-state index in [1.807, 2.05) is 60.7 Å². The number of nitrogens with one attached hydrogen (secondary N) is 1. The largest absolute Gasteiger partial charge is 0.469 e. The number of methoxy groups -OCH3 is 1. The molecule has 2 aromatic carbocycles. The van der Waals surface area contributed by atoms with Crippen molar-refractivity contribution in [2.75, 3.05) is 7.11 Å². The second kappa shape index (κ2) is 11.0. The normalized spacial score (nSPS) is 23.9. The Bertz CT molecular complexity index is 992. The van der Waals surface area contributed by atoms with Crippen LogP contribution < -0.4 is 5.32 Å². The molecule has 1 saturated heterocycles. The van der Waals surface area contributed by atoms with E-state index in [0.29, 0.717) is 19.5 Å². The highest BCUT2D eigenvalue weighted by Gasteiger charge is 2.54. The van der Waals surface area contributed by atoms with Crippen LogP contribution in [0, 0.1) is 11.8 Å². The van der Waals surface area contributed by atoms with Crippen molar-refractivity contribution in [1.29, 1.82) is 0 Å². The van der Waals surface area contributed by atoms with Crippen molar-refractivity contribution in [1.82, 2.24) is 10.2 Å². The minimum atomic E-state index is -0.472. The number of esters is 1. The number of ether oxygens (including phenoxy) is 2. The summed E-state index contributed by atoms with van der Waals surface area (Å²) in [5.74, 6) is -0.519. The van der Waals surface area contributed by atoms with Gasteiger partial charge in [0.2, 0.25) is 5.91 Å². The first-order chi connectivity index (χ1) is 16.5. The first-order valence-corrected chi connectivity index (χ1v) is 12.0. The molecule has 0 aromatic heterocycles. The van der Waals surface area contributed by atoms with E-state index in [2.05, 4.69) is 36.2 Å². The summed E-state index contributed by atoms with van der Waals surface area (Å²) in [7, 11) is 1.41. The highest BCUT2D eigenvalue weighted by Crippen LogP contribution is 2.40. The Morgan fingerprint density at radius 3 is 2.21 bits per heavy atom. The Kier molecular flexibility index (Phi) is 7.80. The average molecular weight is 463 g/mol. The van der Waals surface area contributed by atoms with E-state index in [0.717, 1.165) is 11.1 Å². The number of hydrogen-bond acceptors (Lipinski definition) is 5. The van der Waals surface area contributed by atoms with Crippen LogP contribution in [-0.2, 0) is 32.2 Å². The fraction of sp³-hybridized carbons (Fsp3) is 0.429. The summed E-state index contributed by atoms with van der Waals surface area (Å²) in [6.45, 7) is 5.23. The summed E-state index contributed by atoms with van der Waals surface area (Å²) in [5.41, 5.74) is 2.13. The quantitative estimate of drug-likeness (QED) is 0.431. The number of benzene rings is 2. The number of amides is 1. The first-order valence-electron chi connectivity index (χ1n) is 12.0. The van der Waals surface area contributed by atoms with Crippen LogP contribution in [0.25, 0.3) is 0 Å². The Morgan fingerprint density at radius 1 is 0.971 bits per heavy atom. The SMILES string of the molecule is COC(=O)[C@@H]1[C@@H](N(Cc2ccccc2)[C@H](CC(C)C)C(=O)NCc2ccccc2)[C@@H]2C=C[C@H]1O2. The van der Waals surface area contributed by atoms with Crippen LogP contribution in [0.15, 0.2) is 72.8 Å². The molecule has 2 aliphatic heterocycles. The van der Waals surface area contributed by atoms with Crippen LogP contribution >= 0.6 is 0 Å². The van der Waals surface area contributed by atoms with Gasteiger partial charge in [0.25, 0.3) is 0 Å². The maximum Gasteiger partial charge on any atom is 0.313 e. The predicted molar refractivity (Wildman–Crippen MR) is 131 cm³/mol. The van der Waals surface area contributed by atoms with Gasteiger partial charge >= 0.3 is 5.97 Å². The van der Waals surface area contributed by atoms with Gasteiger partial charge in [0.05, 0.1) is 31.4 Å². The predicted octanol–water partition coefficient (Wildman–Crippen LogP) is 3.71. The Hall–Kier alpha value is -2.96. The standard InChI is InChI=1S/C28H34N2O4/c1-19(2)16-22(27(31)29-17-20-10-6-4-7-11-20)30(18-21-12-8-5-9-13-21)26-24-15-14-23(34-24)25(26)28(32)33-3/h4-15,19,22-26H,16-18H2,1-3H3,(H,29,31)/t22-,23-,24+,25+,26+/m1/s1. The minimum absolute atomic E-state index is 0.0381. The number of hydrogen-bond donors (Lipinski definition) is 1. The van der Waals surface area contributed by atoms with E-state index in [1.54, 1.807) is 0 Å². The molecule has 0 spiro atoms. The van der Waals surface area contributed by atoms with Crippen LogP contribution in [0.1, 0.15) is 31.4 Å². The number of fused-ring (bicyclic) bond motifs is 2. The number of carbonyl (C=O) groups excluding carboxylic acids is 2. The molecule has 2 aliphatic rings. The average Bonchev–Trinajstić information content (AvgIpc) is 3.47. The third kappa shape index (κ3) is 5.40. The van der Waals surface area contributed by atoms with Gasteiger partial charge in [-0.25, -0.2) is 0 Å². The van der Waals surface area contributed by atoms with Crippen molar-refractivity contribution in [2.45, 2.75) is 57.6 Å². The number of nitrogens with zero attached hydrogens (tertiary/aromatic N) is 1. The molecule has 5 atom stereocenters. The molecule has 6 heteroatoms. The smallest absolute Gasteiger partial charge is 0.313 e. The van der Waals surface area contributed by atoms with Crippen LogP contribution in [-0.4, -0.2) is 48.2 Å². The summed E-state index contributed by atoms with van der Waals surface area (Å²) < 4.78 is 11.3. The zero-order valence-corrected chi connectivity index (χ0v) is 20.1. The van der Waals surface area contributed by atoms with E-state index in [9.17, 15) is 9.59 Å². The fourth-order valence-electron chi connectivity index (χ4n) is 5.05. The zero-order valence-electron chi connectivity index (χ0n) is 20.1. The third-order valence-electron chi connectivity index (χ3n) is 6.63. The zero-order chi connectivity index (χ0) is 24.1. The molecular formula is C28H34N2O4. The highest BCUT2D eigenvalue weighted by atomic mass is 16.5.